The normalized spacial score (nSPS) is 10.6. The average molecular weight is 411 g/mol. The predicted molar refractivity (Wildman–Crippen MR) is 106 cm³/mol. The Morgan fingerprint density at radius 2 is 1.96 bits per heavy atom. The van der Waals surface area contributed by atoms with Crippen LogP contribution in [0.1, 0.15) is 11.3 Å². The topological polar surface area (TPSA) is 83.8 Å². The summed E-state index contributed by atoms with van der Waals surface area (Å²) in [5.74, 6) is 1.36. The number of ether oxygens (including phenoxy) is 2. The van der Waals surface area contributed by atoms with Crippen molar-refractivity contribution >= 4 is 34.1 Å². The molecule has 2 heterocycles. The quantitative estimate of drug-likeness (QED) is 0.468. The highest BCUT2D eigenvalue weighted by atomic mass is 35.5. The maximum absolute atomic E-state index is 9.06. The highest BCUT2D eigenvalue weighted by Crippen LogP contribution is 2.34. The van der Waals surface area contributed by atoms with Crippen molar-refractivity contribution in [1.29, 1.82) is 5.26 Å². The van der Waals surface area contributed by atoms with Gasteiger partial charge >= 0.3 is 0 Å². The summed E-state index contributed by atoms with van der Waals surface area (Å²) in [6, 6.07) is 13.7. The molecule has 4 aromatic rings. The summed E-state index contributed by atoms with van der Waals surface area (Å²) in [6.45, 7) is 0.277. The molecule has 0 amide bonds. The lowest BCUT2D eigenvalue weighted by molar-refractivity contribution is 0.301. The summed E-state index contributed by atoms with van der Waals surface area (Å²) >= 11 is 12.3. The molecule has 28 heavy (non-hydrogen) atoms. The molecule has 138 valence electrons. The summed E-state index contributed by atoms with van der Waals surface area (Å²) in [7, 11) is 0. The van der Waals surface area contributed by atoms with Crippen LogP contribution in [0.15, 0.2) is 54.9 Å². The number of aromatic amines is 1. The zero-order chi connectivity index (χ0) is 19.5. The minimum absolute atomic E-state index is 0.277. The number of rotatable bonds is 5. The molecule has 0 atom stereocenters. The molecule has 0 aliphatic rings. The second-order valence-electron chi connectivity index (χ2n) is 5.87. The summed E-state index contributed by atoms with van der Waals surface area (Å²) in [5.41, 5.74) is 2.03. The number of benzene rings is 2. The van der Waals surface area contributed by atoms with E-state index in [1.54, 1.807) is 48.8 Å². The van der Waals surface area contributed by atoms with E-state index >= 15 is 0 Å². The van der Waals surface area contributed by atoms with Gasteiger partial charge in [0.15, 0.2) is 0 Å². The number of halogens is 2. The van der Waals surface area contributed by atoms with E-state index < -0.39 is 0 Å². The molecule has 8 heteroatoms. The Kier molecular flexibility index (Phi) is 5.02. The van der Waals surface area contributed by atoms with Gasteiger partial charge in [-0.2, -0.15) is 10.4 Å². The molecular formula is C20H12Cl2N4O2. The maximum Gasteiger partial charge on any atom is 0.149 e. The second-order valence-corrected chi connectivity index (χ2v) is 6.71. The summed E-state index contributed by atoms with van der Waals surface area (Å²) < 4.78 is 11.6. The van der Waals surface area contributed by atoms with E-state index in [0.717, 1.165) is 16.6 Å². The van der Waals surface area contributed by atoms with E-state index in [0.29, 0.717) is 32.9 Å². The Balaban J connectivity index is 1.54. The first-order valence-electron chi connectivity index (χ1n) is 8.20. The van der Waals surface area contributed by atoms with Crippen LogP contribution in [-0.4, -0.2) is 15.2 Å². The highest BCUT2D eigenvalue weighted by Gasteiger charge is 2.10. The average Bonchev–Trinajstić information content (AvgIpc) is 3.11. The van der Waals surface area contributed by atoms with Gasteiger partial charge in [0, 0.05) is 28.9 Å². The molecule has 2 aromatic heterocycles. The Labute approximate surface area is 170 Å². The number of fused-ring (bicyclic) bond motifs is 1. The van der Waals surface area contributed by atoms with Crippen LogP contribution in [-0.2, 0) is 6.61 Å². The highest BCUT2D eigenvalue weighted by molar-refractivity contribution is 6.32. The van der Waals surface area contributed by atoms with Gasteiger partial charge in [-0.25, -0.2) is 0 Å². The second kappa shape index (κ2) is 7.77. The van der Waals surface area contributed by atoms with Gasteiger partial charge < -0.3 is 9.47 Å². The molecule has 6 nitrogen and oxygen atoms in total. The summed E-state index contributed by atoms with van der Waals surface area (Å²) in [5, 5.41) is 17.9. The molecule has 0 unspecified atom stereocenters. The fraction of sp³-hybridized carbons (Fsp3) is 0.0500. The van der Waals surface area contributed by atoms with E-state index in [4.69, 9.17) is 37.9 Å². The van der Waals surface area contributed by atoms with Crippen LogP contribution in [0.3, 0.4) is 0 Å². The monoisotopic (exact) mass is 410 g/mol. The van der Waals surface area contributed by atoms with Crippen molar-refractivity contribution in [3.63, 3.8) is 0 Å². The first kappa shape index (κ1) is 18.1. The van der Waals surface area contributed by atoms with Crippen LogP contribution < -0.4 is 9.47 Å². The van der Waals surface area contributed by atoms with Gasteiger partial charge in [-0.3, -0.25) is 10.1 Å². The van der Waals surface area contributed by atoms with Crippen molar-refractivity contribution < 1.29 is 9.47 Å². The molecule has 0 fully saturated rings. The minimum Gasteiger partial charge on any atom is -0.487 e. The molecule has 0 saturated carbocycles. The lowest BCUT2D eigenvalue weighted by atomic mass is 10.2. The Morgan fingerprint density at radius 3 is 2.82 bits per heavy atom. The van der Waals surface area contributed by atoms with Gasteiger partial charge in [0.25, 0.3) is 0 Å². The molecule has 0 aliphatic carbocycles. The first-order chi connectivity index (χ1) is 13.6. The number of aromatic nitrogens is 3. The number of pyridine rings is 1. The molecule has 0 spiro atoms. The molecule has 4 rings (SSSR count). The van der Waals surface area contributed by atoms with Gasteiger partial charge in [-0.15, -0.1) is 0 Å². The van der Waals surface area contributed by atoms with Crippen molar-refractivity contribution in [2.45, 2.75) is 6.61 Å². The maximum atomic E-state index is 9.06. The van der Waals surface area contributed by atoms with Crippen molar-refractivity contribution in [3.05, 3.63) is 76.2 Å². The lowest BCUT2D eigenvalue weighted by Gasteiger charge is -2.11. The fourth-order valence-electron chi connectivity index (χ4n) is 2.64. The molecule has 1 N–H and O–H groups in total. The molecule has 0 bridgehead atoms. The Bertz CT molecular complexity index is 1200. The fourth-order valence-corrected chi connectivity index (χ4v) is 3.02. The SMILES string of the molecule is N#Cc1cc(Cl)cc(Oc2cc(OCc3[nH]nc4ccncc34)ccc2Cl)c1. The van der Waals surface area contributed by atoms with Gasteiger partial charge in [0.2, 0.25) is 0 Å². The number of H-pyrrole nitrogens is 1. The molecular weight excluding hydrogens is 399 g/mol. The van der Waals surface area contributed by atoms with E-state index in [2.05, 4.69) is 15.2 Å². The third-order valence-corrected chi connectivity index (χ3v) is 4.48. The van der Waals surface area contributed by atoms with Gasteiger partial charge in [0.1, 0.15) is 23.9 Å². The number of hydrogen-bond acceptors (Lipinski definition) is 5. The van der Waals surface area contributed by atoms with Gasteiger partial charge in [0.05, 0.1) is 27.9 Å². The van der Waals surface area contributed by atoms with Crippen molar-refractivity contribution in [2.75, 3.05) is 0 Å². The van der Waals surface area contributed by atoms with Crippen LogP contribution in [0.25, 0.3) is 10.9 Å². The van der Waals surface area contributed by atoms with E-state index in [-0.39, 0.29) is 6.61 Å². The van der Waals surface area contributed by atoms with Crippen molar-refractivity contribution in [1.82, 2.24) is 15.2 Å². The van der Waals surface area contributed by atoms with Crippen LogP contribution in [0.5, 0.6) is 17.2 Å². The van der Waals surface area contributed by atoms with Crippen LogP contribution in [0.4, 0.5) is 0 Å². The Morgan fingerprint density at radius 1 is 1.07 bits per heavy atom. The summed E-state index contributed by atoms with van der Waals surface area (Å²) in [4.78, 5) is 4.11. The zero-order valence-electron chi connectivity index (χ0n) is 14.3. The van der Waals surface area contributed by atoms with Crippen molar-refractivity contribution in [2.24, 2.45) is 0 Å². The van der Waals surface area contributed by atoms with Crippen LogP contribution in [0.2, 0.25) is 10.0 Å². The van der Waals surface area contributed by atoms with Crippen LogP contribution >= 0.6 is 23.2 Å². The molecule has 0 radical (unpaired) electrons. The smallest absolute Gasteiger partial charge is 0.149 e. The number of hydrogen-bond donors (Lipinski definition) is 1. The third kappa shape index (κ3) is 3.86. The van der Waals surface area contributed by atoms with Crippen LogP contribution in [0, 0.1) is 11.3 Å². The third-order valence-electron chi connectivity index (χ3n) is 3.95. The zero-order valence-corrected chi connectivity index (χ0v) is 15.8. The van der Waals surface area contributed by atoms with Crippen molar-refractivity contribution in [3.8, 4) is 23.3 Å². The number of nitrogens with zero attached hydrogens (tertiary/aromatic N) is 3. The molecule has 0 aliphatic heterocycles. The van der Waals surface area contributed by atoms with Gasteiger partial charge in [-0.1, -0.05) is 23.2 Å². The lowest BCUT2D eigenvalue weighted by Crippen LogP contribution is -1.97. The Hall–Kier alpha value is -3.27. The summed E-state index contributed by atoms with van der Waals surface area (Å²) in [6.07, 6.45) is 3.42. The van der Waals surface area contributed by atoms with E-state index in [1.807, 2.05) is 12.1 Å². The van der Waals surface area contributed by atoms with Gasteiger partial charge in [-0.05, 0) is 36.4 Å². The molecule has 2 aromatic carbocycles. The standard InChI is InChI=1S/C20H12Cl2N4O2/c21-13-5-12(9-23)6-15(7-13)28-20-8-14(1-2-17(20)22)27-11-19-16-10-24-4-3-18(16)25-26-19/h1-8,10H,11H2,(H,25,26). The first-order valence-corrected chi connectivity index (χ1v) is 8.96. The predicted octanol–water partition coefficient (Wildman–Crippen LogP) is 5.51. The number of nitriles is 1. The minimum atomic E-state index is 0.277. The number of nitrogens with one attached hydrogen (secondary N) is 1. The molecule has 0 saturated heterocycles. The van der Waals surface area contributed by atoms with E-state index in [1.165, 1.54) is 0 Å². The van der Waals surface area contributed by atoms with E-state index in [9.17, 15) is 0 Å². The largest absolute Gasteiger partial charge is 0.487 e.